The number of hydrogen-bond donors (Lipinski definition) is 1. The van der Waals surface area contributed by atoms with Crippen LogP contribution in [0.25, 0.3) is 0 Å². The number of likely N-dealkylation sites (tertiary alicyclic amines) is 1. The molecule has 7 heteroatoms. The third kappa shape index (κ3) is 4.39. The summed E-state index contributed by atoms with van der Waals surface area (Å²) in [6.07, 6.45) is 3.33. The maximum Gasteiger partial charge on any atom is 0.257 e. The van der Waals surface area contributed by atoms with Gasteiger partial charge in [-0.25, -0.2) is 9.97 Å². The molecule has 1 saturated heterocycles. The Labute approximate surface area is 152 Å². The molecule has 132 valence electrons. The van der Waals surface area contributed by atoms with Crippen molar-refractivity contribution in [3.8, 4) is 5.75 Å². The molecular weight excluding hydrogens is 340 g/mol. The number of hydrogen-bond acceptors (Lipinski definition) is 5. The first kappa shape index (κ1) is 17.5. The number of nitrogens with zero attached hydrogens (tertiary/aromatic N) is 3. The van der Waals surface area contributed by atoms with Gasteiger partial charge < -0.3 is 15.4 Å². The van der Waals surface area contributed by atoms with Crippen molar-refractivity contribution in [2.24, 2.45) is 5.92 Å². The van der Waals surface area contributed by atoms with Crippen molar-refractivity contribution in [1.29, 1.82) is 0 Å². The van der Waals surface area contributed by atoms with Crippen LogP contribution in [0.2, 0.25) is 5.02 Å². The van der Waals surface area contributed by atoms with E-state index in [0.29, 0.717) is 41.9 Å². The van der Waals surface area contributed by atoms with Gasteiger partial charge in [-0.05, 0) is 49.9 Å². The fraction of sp³-hybridized carbons (Fsp3) is 0.389. The third-order valence-corrected chi connectivity index (χ3v) is 4.68. The van der Waals surface area contributed by atoms with Crippen LogP contribution in [0, 0.1) is 12.8 Å². The highest BCUT2D eigenvalue weighted by Crippen LogP contribution is 2.22. The smallest absolute Gasteiger partial charge is 0.257 e. The van der Waals surface area contributed by atoms with Gasteiger partial charge in [-0.1, -0.05) is 11.6 Å². The number of nitrogens with two attached hydrogens (primary N) is 1. The van der Waals surface area contributed by atoms with Crippen LogP contribution in [0.15, 0.2) is 30.5 Å². The lowest BCUT2D eigenvalue weighted by molar-refractivity contribution is 0.0659. The summed E-state index contributed by atoms with van der Waals surface area (Å²) in [5.74, 6) is 1.41. The Bertz CT molecular complexity index is 743. The van der Waals surface area contributed by atoms with Crippen molar-refractivity contribution in [2.45, 2.75) is 19.8 Å². The Morgan fingerprint density at radius 1 is 1.32 bits per heavy atom. The number of carbonyl (C=O) groups excluding carboxylic acids is 1. The van der Waals surface area contributed by atoms with E-state index < -0.39 is 0 Å². The molecule has 25 heavy (non-hydrogen) atoms. The van der Waals surface area contributed by atoms with E-state index >= 15 is 0 Å². The first-order valence-electron chi connectivity index (χ1n) is 8.29. The number of halogens is 1. The van der Waals surface area contributed by atoms with E-state index in [-0.39, 0.29) is 11.9 Å². The highest BCUT2D eigenvalue weighted by atomic mass is 35.5. The molecule has 0 spiro atoms. The lowest BCUT2D eigenvalue weighted by atomic mass is 9.97. The van der Waals surface area contributed by atoms with E-state index in [1.807, 2.05) is 29.2 Å². The minimum atomic E-state index is -0.0328. The number of carbonyl (C=O) groups is 1. The molecule has 2 heterocycles. The number of anilines is 1. The van der Waals surface area contributed by atoms with Gasteiger partial charge in [0.1, 0.15) is 5.75 Å². The van der Waals surface area contributed by atoms with Crippen LogP contribution in [0.3, 0.4) is 0 Å². The molecule has 1 aliphatic heterocycles. The second-order valence-corrected chi connectivity index (χ2v) is 6.66. The average molecular weight is 361 g/mol. The van der Waals surface area contributed by atoms with Crippen molar-refractivity contribution in [1.82, 2.24) is 14.9 Å². The molecule has 1 fully saturated rings. The zero-order valence-electron chi connectivity index (χ0n) is 14.1. The molecular formula is C18H21ClN4O2. The standard InChI is InChI=1S/C18H21ClN4O2/c1-12-16(10-21-18(20)22-12)17(24)23-8-6-13(7-9-23)11-25-15-4-2-14(19)3-5-15/h2-5,10,13H,6-9,11H2,1H3,(H2,20,21,22). The third-order valence-electron chi connectivity index (χ3n) is 4.43. The van der Waals surface area contributed by atoms with Crippen LogP contribution in [-0.4, -0.2) is 40.5 Å². The van der Waals surface area contributed by atoms with E-state index in [1.54, 1.807) is 6.92 Å². The van der Waals surface area contributed by atoms with E-state index in [4.69, 9.17) is 22.1 Å². The Kier molecular flexibility index (Phi) is 5.38. The predicted molar refractivity (Wildman–Crippen MR) is 96.8 cm³/mol. The highest BCUT2D eigenvalue weighted by Gasteiger charge is 2.25. The van der Waals surface area contributed by atoms with Gasteiger partial charge in [0.15, 0.2) is 0 Å². The van der Waals surface area contributed by atoms with E-state index in [1.165, 1.54) is 6.20 Å². The molecule has 0 saturated carbocycles. The summed E-state index contributed by atoms with van der Waals surface area (Å²) in [5, 5.41) is 0.695. The molecule has 2 N–H and O–H groups in total. The Morgan fingerprint density at radius 3 is 2.64 bits per heavy atom. The van der Waals surface area contributed by atoms with Gasteiger partial charge in [0.2, 0.25) is 5.95 Å². The molecule has 1 aliphatic rings. The highest BCUT2D eigenvalue weighted by molar-refractivity contribution is 6.30. The molecule has 1 aromatic heterocycles. The summed E-state index contributed by atoms with van der Waals surface area (Å²) >= 11 is 5.87. The summed E-state index contributed by atoms with van der Waals surface area (Å²) < 4.78 is 5.82. The van der Waals surface area contributed by atoms with Crippen molar-refractivity contribution in [2.75, 3.05) is 25.4 Å². The van der Waals surface area contributed by atoms with Gasteiger partial charge in [0.25, 0.3) is 5.91 Å². The summed E-state index contributed by atoms with van der Waals surface area (Å²) in [4.78, 5) is 22.5. The van der Waals surface area contributed by atoms with Crippen LogP contribution in [0.5, 0.6) is 5.75 Å². The second-order valence-electron chi connectivity index (χ2n) is 6.23. The van der Waals surface area contributed by atoms with Gasteiger partial charge >= 0.3 is 0 Å². The predicted octanol–water partition coefficient (Wildman–Crippen LogP) is 2.95. The lowest BCUT2D eigenvalue weighted by Crippen LogP contribution is -2.40. The number of rotatable bonds is 4. The van der Waals surface area contributed by atoms with Gasteiger partial charge in [-0.2, -0.15) is 0 Å². The SMILES string of the molecule is Cc1nc(N)ncc1C(=O)N1CCC(COc2ccc(Cl)cc2)CC1. The number of amides is 1. The van der Waals surface area contributed by atoms with Gasteiger partial charge in [-0.3, -0.25) is 4.79 Å². The Morgan fingerprint density at radius 2 is 2.00 bits per heavy atom. The number of aryl methyl sites for hydroxylation is 1. The molecule has 0 atom stereocenters. The minimum absolute atomic E-state index is 0.0328. The average Bonchev–Trinajstić information content (AvgIpc) is 2.61. The van der Waals surface area contributed by atoms with E-state index in [9.17, 15) is 4.79 Å². The molecule has 0 bridgehead atoms. The van der Waals surface area contributed by atoms with Gasteiger partial charge in [-0.15, -0.1) is 0 Å². The topological polar surface area (TPSA) is 81.3 Å². The van der Waals surface area contributed by atoms with Crippen molar-refractivity contribution in [3.63, 3.8) is 0 Å². The summed E-state index contributed by atoms with van der Waals surface area (Å²) in [6, 6.07) is 7.36. The molecule has 1 aromatic carbocycles. The molecule has 6 nitrogen and oxygen atoms in total. The number of aromatic nitrogens is 2. The van der Waals surface area contributed by atoms with Gasteiger partial charge in [0, 0.05) is 24.3 Å². The Hall–Kier alpha value is -2.34. The second kappa shape index (κ2) is 7.70. The fourth-order valence-electron chi connectivity index (χ4n) is 2.91. The number of benzene rings is 1. The largest absolute Gasteiger partial charge is 0.493 e. The molecule has 2 aromatic rings. The molecule has 0 unspecified atom stereocenters. The van der Waals surface area contributed by atoms with Crippen LogP contribution < -0.4 is 10.5 Å². The maximum atomic E-state index is 12.6. The van der Waals surface area contributed by atoms with Gasteiger partial charge in [0.05, 0.1) is 17.9 Å². The van der Waals surface area contributed by atoms with Crippen LogP contribution >= 0.6 is 11.6 Å². The van der Waals surface area contributed by atoms with Crippen molar-refractivity contribution < 1.29 is 9.53 Å². The van der Waals surface area contributed by atoms with E-state index in [2.05, 4.69) is 9.97 Å². The quantitative estimate of drug-likeness (QED) is 0.906. The minimum Gasteiger partial charge on any atom is -0.493 e. The lowest BCUT2D eigenvalue weighted by Gasteiger charge is -2.32. The van der Waals surface area contributed by atoms with E-state index in [0.717, 1.165) is 18.6 Å². The maximum absolute atomic E-state index is 12.6. The number of nitrogen functional groups attached to an aromatic ring is 1. The van der Waals surface area contributed by atoms with Crippen LogP contribution in [0.4, 0.5) is 5.95 Å². The first-order chi connectivity index (χ1) is 12.0. The fourth-order valence-corrected chi connectivity index (χ4v) is 3.04. The normalized spacial score (nSPS) is 15.2. The van der Waals surface area contributed by atoms with Crippen molar-refractivity contribution in [3.05, 3.63) is 46.7 Å². The molecule has 1 amide bonds. The first-order valence-corrected chi connectivity index (χ1v) is 8.67. The summed E-state index contributed by atoms with van der Waals surface area (Å²) in [6.45, 7) is 3.83. The summed E-state index contributed by atoms with van der Waals surface area (Å²) in [5.41, 5.74) is 6.68. The molecule has 3 rings (SSSR count). The number of ether oxygens (including phenoxy) is 1. The number of piperidine rings is 1. The van der Waals surface area contributed by atoms with Crippen molar-refractivity contribution >= 4 is 23.5 Å². The monoisotopic (exact) mass is 360 g/mol. The summed E-state index contributed by atoms with van der Waals surface area (Å²) in [7, 11) is 0. The zero-order chi connectivity index (χ0) is 17.8. The molecule has 0 aliphatic carbocycles. The molecule has 0 radical (unpaired) electrons. The van der Waals surface area contributed by atoms with Crippen LogP contribution in [0.1, 0.15) is 28.9 Å². The van der Waals surface area contributed by atoms with Crippen LogP contribution in [-0.2, 0) is 0 Å². The zero-order valence-corrected chi connectivity index (χ0v) is 14.9. The Balaban J connectivity index is 1.51.